The maximum atomic E-state index is 6.17. The predicted octanol–water partition coefficient (Wildman–Crippen LogP) is 3.79. The lowest BCUT2D eigenvalue weighted by Gasteiger charge is -2.08. The summed E-state index contributed by atoms with van der Waals surface area (Å²) in [6, 6.07) is 8.10. The van der Waals surface area contributed by atoms with Gasteiger partial charge in [-0.3, -0.25) is 0 Å². The second kappa shape index (κ2) is 5.87. The normalized spacial score (nSPS) is 11.2. The van der Waals surface area contributed by atoms with E-state index in [1.165, 1.54) is 0 Å². The first kappa shape index (κ1) is 13.6. The summed E-state index contributed by atoms with van der Waals surface area (Å²) in [5, 5.41) is 8.42. The molecule has 2 aromatic rings. The molecule has 0 spiro atoms. The number of aromatic nitrogens is 2. The van der Waals surface area contributed by atoms with Crippen LogP contribution in [0.4, 0.5) is 0 Å². The highest BCUT2D eigenvalue weighted by Crippen LogP contribution is 2.25. The van der Waals surface area contributed by atoms with Gasteiger partial charge in [0, 0.05) is 18.2 Å². The second-order valence-corrected chi connectivity index (χ2v) is 5.52. The van der Waals surface area contributed by atoms with Crippen LogP contribution in [0.5, 0.6) is 0 Å². The van der Waals surface area contributed by atoms with Crippen LogP contribution in [0.1, 0.15) is 19.4 Å². The van der Waals surface area contributed by atoms with Crippen molar-refractivity contribution in [2.45, 2.75) is 26.4 Å². The first-order valence-corrected chi connectivity index (χ1v) is 6.97. The Morgan fingerprint density at radius 2 is 2.11 bits per heavy atom. The molecule has 3 nitrogen and oxygen atoms in total. The molecule has 0 radical (unpaired) electrons. The number of nitrogens with one attached hydrogen (secondary N) is 1. The lowest BCUT2D eigenvalue weighted by molar-refractivity contribution is 0.587. The monoisotopic (exact) mass is 327 g/mol. The van der Waals surface area contributed by atoms with E-state index < -0.39 is 0 Å². The molecule has 18 heavy (non-hydrogen) atoms. The molecule has 2 rings (SSSR count). The van der Waals surface area contributed by atoms with E-state index in [1.807, 2.05) is 30.5 Å². The van der Waals surface area contributed by atoms with Crippen molar-refractivity contribution in [3.05, 3.63) is 45.7 Å². The predicted molar refractivity (Wildman–Crippen MR) is 78.2 cm³/mol. The number of benzene rings is 1. The van der Waals surface area contributed by atoms with Crippen LogP contribution in [0.25, 0.3) is 5.69 Å². The van der Waals surface area contributed by atoms with E-state index >= 15 is 0 Å². The summed E-state index contributed by atoms with van der Waals surface area (Å²) >= 11 is 9.74. The highest BCUT2D eigenvalue weighted by Gasteiger charge is 2.11. The van der Waals surface area contributed by atoms with Gasteiger partial charge in [-0.05, 0) is 28.1 Å². The summed E-state index contributed by atoms with van der Waals surface area (Å²) in [6.07, 6.45) is 1.85. The van der Waals surface area contributed by atoms with Gasteiger partial charge in [0.15, 0.2) is 0 Å². The molecule has 0 atom stereocenters. The third kappa shape index (κ3) is 2.94. The molecule has 0 saturated carbocycles. The lowest BCUT2D eigenvalue weighted by Crippen LogP contribution is -2.21. The third-order valence-electron chi connectivity index (χ3n) is 2.56. The standard InChI is InChI=1S/C13H15BrClN3/c1-9(2)16-7-10-8-17-18(13(10)14)12-6-4-3-5-11(12)15/h3-6,8-9,16H,7H2,1-2H3. The number of rotatable bonds is 4. The van der Waals surface area contributed by atoms with Crippen molar-refractivity contribution in [1.82, 2.24) is 15.1 Å². The van der Waals surface area contributed by atoms with E-state index in [2.05, 4.69) is 40.2 Å². The van der Waals surface area contributed by atoms with Gasteiger partial charge in [0.25, 0.3) is 0 Å². The van der Waals surface area contributed by atoms with Gasteiger partial charge in [0.1, 0.15) is 4.60 Å². The fourth-order valence-electron chi connectivity index (χ4n) is 1.59. The highest BCUT2D eigenvalue weighted by atomic mass is 79.9. The fraction of sp³-hybridized carbons (Fsp3) is 0.308. The zero-order valence-electron chi connectivity index (χ0n) is 10.3. The zero-order valence-corrected chi connectivity index (χ0v) is 12.7. The van der Waals surface area contributed by atoms with Gasteiger partial charge in [-0.25, -0.2) is 4.68 Å². The second-order valence-electron chi connectivity index (χ2n) is 4.36. The molecule has 0 aliphatic carbocycles. The molecule has 0 unspecified atom stereocenters. The average molecular weight is 329 g/mol. The number of para-hydroxylation sites is 1. The van der Waals surface area contributed by atoms with E-state index in [0.717, 1.165) is 22.4 Å². The van der Waals surface area contributed by atoms with Gasteiger partial charge in [0.2, 0.25) is 0 Å². The summed E-state index contributed by atoms with van der Waals surface area (Å²) < 4.78 is 2.74. The Labute approximate surface area is 120 Å². The van der Waals surface area contributed by atoms with Crippen LogP contribution in [0.3, 0.4) is 0 Å². The van der Waals surface area contributed by atoms with Crippen LogP contribution in [-0.4, -0.2) is 15.8 Å². The first-order chi connectivity index (χ1) is 8.59. The van der Waals surface area contributed by atoms with Gasteiger partial charge >= 0.3 is 0 Å². The third-order valence-corrected chi connectivity index (χ3v) is 3.73. The SMILES string of the molecule is CC(C)NCc1cnn(-c2ccccc2Cl)c1Br. The van der Waals surface area contributed by atoms with Crippen molar-refractivity contribution >= 4 is 27.5 Å². The molecule has 96 valence electrons. The molecule has 1 N–H and O–H groups in total. The molecule has 0 aliphatic heterocycles. The van der Waals surface area contributed by atoms with Crippen LogP contribution in [0, 0.1) is 0 Å². The fourth-order valence-corrected chi connectivity index (χ4v) is 2.33. The van der Waals surface area contributed by atoms with Crippen LogP contribution in [0.2, 0.25) is 5.02 Å². The van der Waals surface area contributed by atoms with Gasteiger partial charge in [-0.15, -0.1) is 0 Å². The molecule has 0 amide bonds. The van der Waals surface area contributed by atoms with E-state index in [9.17, 15) is 0 Å². The minimum Gasteiger partial charge on any atom is -0.310 e. The Bertz CT molecular complexity index is 537. The maximum Gasteiger partial charge on any atom is 0.114 e. The van der Waals surface area contributed by atoms with Crippen molar-refractivity contribution in [3.63, 3.8) is 0 Å². The van der Waals surface area contributed by atoms with E-state index in [-0.39, 0.29) is 0 Å². The Morgan fingerprint density at radius 3 is 2.78 bits per heavy atom. The zero-order chi connectivity index (χ0) is 13.1. The first-order valence-electron chi connectivity index (χ1n) is 5.80. The Kier molecular flexibility index (Phi) is 4.43. The van der Waals surface area contributed by atoms with Crippen molar-refractivity contribution < 1.29 is 0 Å². The summed E-state index contributed by atoms with van der Waals surface area (Å²) in [5.41, 5.74) is 1.99. The Balaban J connectivity index is 2.28. The van der Waals surface area contributed by atoms with Gasteiger partial charge in [-0.1, -0.05) is 37.6 Å². The largest absolute Gasteiger partial charge is 0.310 e. The van der Waals surface area contributed by atoms with Gasteiger partial charge < -0.3 is 5.32 Å². The van der Waals surface area contributed by atoms with E-state index in [4.69, 9.17) is 11.6 Å². The van der Waals surface area contributed by atoms with E-state index in [1.54, 1.807) is 4.68 Å². The molecule has 1 heterocycles. The molecule has 5 heteroatoms. The average Bonchev–Trinajstić information content (AvgIpc) is 2.69. The van der Waals surface area contributed by atoms with Crippen LogP contribution in [-0.2, 0) is 6.54 Å². The van der Waals surface area contributed by atoms with Crippen molar-refractivity contribution in [2.75, 3.05) is 0 Å². The van der Waals surface area contributed by atoms with Crippen LogP contribution < -0.4 is 5.32 Å². The number of hydrogen-bond acceptors (Lipinski definition) is 2. The molecule has 0 bridgehead atoms. The summed E-state index contributed by atoms with van der Waals surface area (Å²) in [6.45, 7) is 5.02. The maximum absolute atomic E-state index is 6.17. The molecular weight excluding hydrogens is 314 g/mol. The number of hydrogen-bond donors (Lipinski definition) is 1. The molecule has 1 aromatic carbocycles. The Hall–Kier alpha value is -0.840. The minimum atomic E-state index is 0.445. The summed E-state index contributed by atoms with van der Waals surface area (Å²) in [5.74, 6) is 0. The number of halogens is 2. The van der Waals surface area contributed by atoms with E-state index in [0.29, 0.717) is 11.1 Å². The lowest BCUT2D eigenvalue weighted by atomic mass is 10.3. The quantitative estimate of drug-likeness (QED) is 0.925. The van der Waals surface area contributed by atoms with Gasteiger partial charge in [-0.2, -0.15) is 5.10 Å². The molecule has 1 aromatic heterocycles. The summed E-state index contributed by atoms with van der Waals surface area (Å²) in [4.78, 5) is 0. The number of nitrogens with zero attached hydrogens (tertiary/aromatic N) is 2. The van der Waals surface area contributed by atoms with Crippen molar-refractivity contribution in [2.24, 2.45) is 0 Å². The Morgan fingerprint density at radius 1 is 1.39 bits per heavy atom. The smallest absolute Gasteiger partial charge is 0.114 e. The molecule has 0 aliphatic rings. The van der Waals surface area contributed by atoms with Gasteiger partial charge in [0.05, 0.1) is 16.9 Å². The minimum absolute atomic E-state index is 0.445. The van der Waals surface area contributed by atoms with Crippen molar-refractivity contribution in [3.8, 4) is 5.69 Å². The van der Waals surface area contributed by atoms with Crippen LogP contribution in [0.15, 0.2) is 35.1 Å². The molecule has 0 saturated heterocycles. The molecule has 0 fully saturated rings. The molecular formula is C13H15BrClN3. The summed E-state index contributed by atoms with van der Waals surface area (Å²) in [7, 11) is 0. The van der Waals surface area contributed by atoms with Crippen LogP contribution >= 0.6 is 27.5 Å². The topological polar surface area (TPSA) is 29.9 Å². The highest BCUT2D eigenvalue weighted by molar-refractivity contribution is 9.10. The van der Waals surface area contributed by atoms with Crippen molar-refractivity contribution in [1.29, 1.82) is 0 Å².